The number of nitrogens with one attached hydrogen (secondary N) is 1. The lowest BCUT2D eigenvalue weighted by atomic mass is 10.1. The topological polar surface area (TPSA) is 79.5 Å². The molecule has 6 heteroatoms. The highest BCUT2D eigenvalue weighted by Gasteiger charge is 2.14. The molecule has 0 amide bonds. The zero-order valence-corrected chi connectivity index (χ0v) is 15.0. The molecule has 0 aliphatic carbocycles. The van der Waals surface area contributed by atoms with E-state index in [0.29, 0.717) is 0 Å². The number of aromatic carboxylic acids is 1. The average molecular weight is 368 g/mol. The molecule has 0 fully saturated rings. The Kier molecular flexibility index (Phi) is 3.52. The summed E-state index contributed by atoms with van der Waals surface area (Å²) in [4.78, 5) is 20.4. The lowest BCUT2D eigenvalue weighted by molar-refractivity contribution is 0.0697. The molecular weight excluding hydrogens is 352 g/mol. The van der Waals surface area contributed by atoms with E-state index in [0.717, 1.165) is 44.5 Å². The Labute approximate surface area is 160 Å². The Hall–Kier alpha value is -3.93. The summed E-state index contributed by atoms with van der Waals surface area (Å²) in [7, 11) is 0. The van der Waals surface area contributed by atoms with Gasteiger partial charge in [0.15, 0.2) is 0 Å². The number of aryl methyl sites for hydroxylation is 1. The van der Waals surface area contributed by atoms with Crippen molar-refractivity contribution < 1.29 is 9.90 Å². The van der Waals surface area contributed by atoms with Gasteiger partial charge in [0.05, 0.1) is 22.8 Å². The largest absolute Gasteiger partial charge is 0.478 e. The lowest BCUT2D eigenvalue weighted by Gasteiger charge is -2.11. The number of fused-ring (bicyclic) bond motifs is 5. The van der Waals surface area contributed by atoms with Crippen molar-refractivity contribution in [2.45, 2.75) is 6.92 Å². The fourth-order valence-corrected chi connectivity index (χ4v) is 3.56. The number of benzene rings is 2. The minimum absolute atomic E-state index is 0.254. The van der Waals surface area contributed by atoms with Crippen LogP contribution in [0.5, 0.6) is 0 Å². The van der Waals surface area contributed by atoms with E-state index in [-0.39, 0.29) is 5.56 Å². The Balaban J connectivity index is 1.79. The first kappa shape index (κ1) is 16.3. The monoisotopic (exact) mass is 368 g/mol. The number of nitrogens with zero attached hydrogens (tertiary/aromatic N) is 3. The van der Waals surface area contributed by atoms with Crippen molar-refractivity contribution in [1.29, 1.82) is 0 Å². The second-order valence-electron chi connectivity index (χ2n) is 6.76. The summed E-state index contributed by atoms with van der Waals surface area (Å²) in [5, 5.41) is 14.4. The van der Waals surface area contributed by atoms with Crippen LogP contribution in [0.3, 0.4) is 0 Å². The molecule has 6 nitrogen and oxygen atoms in total. The molecule has 0 spiro atoms. The number of anilines is 2. The van der Waals surface area contributed by atoms with E-state index in [2.05, 4.69) is 16.4 Å². The quantitative estimate of drug-likeness (QED) is 0.479. The number of aromatic nitrogens is 3. The van der Waals surface area contributed by atoms with Crippen LogP contribution in [0.15, 0.2) is 67.0 Å². The highest BCUT2D eigenvalue weighted by molar-refractivity contribution is 6.00. The second kappa shape index (κ2) is 6.06. The molecule has 0 atom stereocenters. The van der Waals surface area contributed by atoms with Crippen LogP contribution < -0.4 is 5.32 Å². The maximum Gasteiger partial charge on any atom is 0.335 e. The van der Waals surface area contributed by atoms with E-state index in [1.165, 1.54) is 0 Å². The summed E-state index contributed by atoms with van der Waals surface area (Å²) in [6.45, 7) is 2.05. The number of rotatable bonds is 3. The molecule has 2 N–H and O–H groups in total. The van der Waals surface area contributed by atoms with Gasteiger partial charge in [0.25, 0.3) is 0 Å². The Morgan fingerprint density at radius 3 is 2.79 bits per heavy atom. The highest BCUT2D eigenvalue weighted by Crippen LogP contribution is 2.30. The van der Waals surface area contributed by atoms with E-state index in [1.807, 2.05) is 47.7 Å². The molecule has 2 aromatic carbocycles. The second-order valence-corrected chi connectivity index (χ2v) is 6.76. The molecule has 0 unspecified atom stereocenters. The van der Waals surface area contributed by atoms with Gasteiger partial charge in [-0.1, -0.05) is 12.1 Å². The van der Waals surface area contributed by atoms with Crippen LogP contribution in [0.2, 0.25) is 0 Å². The van der Waals surface area contributed by atoms with Crippen molar-refractivity contribution in [3.8, 4) is 0 Å². The standard InChI is InChI=1S/C22H16N4O2/c1-13-3-2-4-16(9-13)24-21-17-7-8-23-12-19(17)26-18-6-5-14(22(27)28)10-15(18)11-20(26)25-21/h2-12H,1H3,(H,24,25)(H,27,28). The van der Waals surface area contributed by atoms with Gasteiger partial charge in [0, 0.05) is 22.7 Å². The van der Waals surface area contributed by atoms with Crippen molar-refractivity contribution in [1.82, 2.24) is 14.4 Å². The van der Waals surface area contributed by atoms with E-state index < -0.39 is 5.97 Å². The van der Waals surface area contributed by atoms with E-state index in [1.54, 1.807) is 24.5 Å². The molecule has 3 heterocycles. The third-order valence-corrected chi connectivity index (χ3v) is 4.83. The number of pyridine rings is 1. The molecule has 136 valence electrons. The zero-order valence-electron chi connectivity index (χ0n) is 15.0. The van der Waals surface area contributed by atoms with Gasteiger partial charge in [0.2, 0.25) is 0 Å². The number of carbonyl (C=O) groups is 1. The fraction of sp³-hybridized carbons (Fsp3) is 0.0455. The van der Waals surface area contributed by atoms with Gasteiger partial charge in [-0.15, -0.1) is 0 Å². The van der Waals surface area contributed by atoms with Gasteiger partial charge in [-0.2, -0.15) is 0 Å². The van der Waals surface area contributed by atoms with Crippen LogP contribution in [0.1, 0.15) is 15.9 Å². The Morgan fingerprint density at radius 1 is 1.07 bits per heavy atom. The molecule has 0 aliphatic heterocycles. The smallest absolute Gasteiger partial charge is 0.335 e. The number of hydrogen-bond acceptors (Lipinski definition) is 4. The summed E-state index contributed by atoms with van der Waals surface area (Å²) in [6.07, 6.45) is 3.54. The zero-order chi connectivity index (χ0) is 19.3. The lowest BCUT2D eigenvalue weighted by Crippen LogP contribution is -2.00. The molecule has 0 bridgehead atoms. The third-order valence-electron chi connectivity index (χ3n) is 4.83. The SMILES string of the molecule is Cc1cccc(Nc2nc3cc4cc(C(=O)O)ccc4n3c3cnccc23)c1. The fourth-order valence-electron chi connectivity index (χ4n) is 3.56. The molecule has 28 heavy (non-hydrogen) atoms. The van der Waals surface area contributed by atoms with Crippen LogP contribution in [0.4, 0.5) is 11.5 Å². The van der Waals surface area contributed by atoms with Crippen LogP contribution in [0.25, 0.3) is 27.5 Å². The number of hydrogen-bond donors (Lipinski definition) is 2. The minimum Gasteiger partial charge on any atom is -0.478 e. The Bertz CT molecular complexity index is 1390. The van der Waals surface area contributed by atoms with Crippen LogP contribution in [0, 0.1) is 6.92 Å². The first-order valence-electron chi connectivity index (χ1n) is 8.86. The molecule has 0 radical (unpaired) electrons. The van der Waals surface area contributed by atoms with Crippen LogP contribution in [-0.4, -0.2) is 25.4 Å². The van der Waals surface area contributed by atoms with Crippen molar-refractivity contribution in [3.05, 3.63) is 78.1 Å². The van der Waals surface area contributed by atoms with Crippen LogP contribution >= 0.6 is 0 Å². The average Bonchev–Trinajstić information content (AvgIpc) is 3.05. The molecule has 0 aliphatic rings. The normalized spacial score (nSPS) is 11.3. The minimum atomic E-state index is -0.946. The van der Waals surface area contributed by atoms with Crippen molar-refractivity contribution in [2.24, 2.45) is 0 Å². The Morgan fingerprint density at radius 2 is 1.96 bits per heavy atom. The number of carboxylic acid groups (broad SMARTS) is 1. The highest BCUT2D eigenvalue weighted by atomic mass is 16.4. The van der Waals surface area contributed by atoms with Crippen molar-refractivity contribution in [3.63, 3.8) is 0 Å². The van der Waals surface area contributed by atoms with Gasteiger partial charge in [0.1, 0.15) is 11.5 Å². The third kappa shape index (κ3) is 2.54. The van der Waals surface area contributed by atoms with Crippen molar-refractivity contribution in [2.75, 3.05) is 5.32 Å². The van der Waals surface area contributed by atoms with Crippen molar-refractivity contribution >= 4 is 44.9 Å². The molecule has 5 aromatic rings. The first-order valence-corrected chi connectivity index (χ1v) is 8.86. The maximum absolute atomic E-state index is 11.3. The molecule has 0 saturated heterocycles. The maximum atomic E-state index is 11.3. The molecule has 5 rings (SSSR count). The summed E-state index contributed by atoms with van der Waals surface area (Å²) in [5.41, 5.74) is 4.90. The molecule has 0 saturated carbocycles. The van der Waals surface area contributed by atoms with Gasteiger partial charge < -0.3 is 10.4 Å². The van der Waals surface area contributed by atoms with Gasteiger partial charge in [-0.3, -0.25) is 9.38 Å². The summed E-state index contributed by atoms with van der Waals surface area (Å²) >= 11 is 0. The summed E-state index contributed by atoms with van der Waals surface area (Å²) < 4.78 is 2.00. The van der Waals surface area contributed by atoms with E-state index in [9.17, 15) is 9.90 Å². The first-order chi connectivity index (χ1) is 13.6. The van der Waals surface area contributed by atoms with E-state index in [4.69, 9.17) is 4.98 Å². The van der Waals surface area contributed by atoms with Gasteiger partial charge >= 0.3 is 5.97 Å². The predicted molar refractivity (Wildman–Crippen MR) is 109 cm³/mol. The van der Waals surface area contributed by atoms with Crippen LogP contribution in [-0.2, 0) is 0 Å². The summed E-state index contributed by atoms with van der Waals surface area (Å²) in [5.74, 6) is -0.213. The molecule has 3 aromatic heterocycles. The van der Waals surface area contributed by atoms with Gasteiger partial charge in [-0.25, -0.2) is 9.78 Å². The van der Waals surface area contributed by atoms with Gasteiger partial charge in [-0.05, 0) is 55.0 Å². The predicted octanol–water partition coefficient (Wildman–Crippen LogP) is 4.79. The number of carboxylic acids is 1. The van der Waals surface area contributed by atoms with E-state index >= 15 is 0 Å². The summed E-state index contributed by atoms with van der Waals surface area (Å²) in [6, 6.07) is 17.0. The molecular formula is C22H16N4O2.